The summed E-state index contributed by atoms with van der Waals surface area (Å²) in [7, 11) is 0. The number of hydrogen-bond acceptors (Lipinski definition) is 6. The Balaban J connectivity index is 2.24. The summed E-state index contributed by atoms with van der Waals surface area (Å²) in [5.74, 6) is -1.10. The first-order valence-corrected chi connectivity index (χ1v) is 4.71. The lowest BCUT2D eigenvalue weighted by Gasteiger charge is -2.03. The number of rotatable bonds is 2. The fraction of sp³-hybridized carbons (Fsp3) is 0. The van der Waals surface area contributed by atoms with Crippen LogP contribution in [0.15, 0.2) is 11.8 Å². The molecule has 1 aliphatic heterocycles. The van der Waals surface area contributed by atoms with Gasteiger partial charge in [0.15, 0.2) is 0 Å². The van der Waals surface area contributed by atoms with Gasteiger partial charge in [-0.1, -0.05) is 0 Å². The number of nitrogens with one attached hydrogen (secondary N) is 2. The predicted molar refractivity (Wildman–Crippen MR) is 54.7 cm³/mol. The number of carbonyl (C=O) groups excluding carboxylic acids is 2. The Kier molecular flexibility index (Phi) is 2.71. The van der Waals surface area contributed by atoms with E-state index in [0.717, 1.165) is 6.08 Å². The highest BCUT2D eigenvalue weighted by molar-refractivity contribution is 6.31. The molecule has 0 saturated carbocycles. The van der Waals surface area contributed by atoms with Crippen LogP contribution in [0.3, 0.4) is 0 Å². The van der Waals surface area contributed by atoms with Crippen LogP contribution in [0, 0.1) is 0 Å². The maximum atomic E-state index is 11.2. The SMILES string of the molecule is O=C1C=C(Nc2nc(Cl)nc(Cl)n2)C(=O)N1. The van der Waals surface area contributed by atoms with Crippen LogP contribution in [0.1, 0.15) is 0 Å². The molecule has 0 radical (unpaired) electrons. The molecule has 0 aliphatic carbocycles. The van der Waals surface area contributed by atoms with Gasteiger partial charge in [0.2, 0.25) is 16.5 Å². The van der Waals surface area contributed by atoms with Crippen LogP contribution < -0.4 is 10.6 Å². The number of hydrogen-bond donors (Lipinski definition) is 2. The molecule has 16 heavy (non-hydrogen) atoms. The Bertz CT molecular complexity index is 495. The van der Waals surface area contributed by atoms with Crippen molar-refractivity contribution >= 4 is 41.0 Å². The van der Waals surface area contributed by atoms with Gasteiger partial charge in [-0.3, -0.25) is 14.9 Å². The van der Waals surface area contributed by atoms with Gasteiger partial charge in [-0.05, 0) is 23.2 Å². The monoisotopic (exact) mass is 259 g/mol. The third-order valence-electron chi connectivity index (χ3n) is 1.58. The van der Waals surface area contributed by atoms with Gasteiger partial charge >= 0.3 is 0 Å². The molecular weight excluding hydrogens is 257 g/mol. The lowest BCUT2D eigenvalue weighted by atomic mass is 10.4. The second-order valence-corrected chi connectivity index (χ2v) is 3.37. The maximum Gasteiger partial charge on any atom is 0.274 e. The van der Waals surface area contributed by atoms with Crippen LogP contribution in [-0.4, -0.2) is 26.8 Å². The molecule has 9 heteroatoms. The molecule has 2 N–H and O–H groups in total. The number of imide groups is 1. The Morgan fingerprint density at radius 3 is 2.25 bits per heavy atom. The van der Waals surface area contributed by atoms with Crippen molar-refractivity contribution in [3.8, 4) is 0 Å². The van der Waals surface area contributed by atoms with Crippen LogP contribution in [-0.2, 0) is 9.59 Å². The second kappa shape index (κ2) is 4.03. The number of amides is 2. The number of aromatic nitrogens is 3. The molecule has 0 aromatic carbocycles. The largest absolute Gasteiger partial charge is 0.319 e. The minimum absolute atomic E-state index is 0.0129. The number of anilines is 1. The van der Waals surface area contributed by atoms with Crippen LogP contribution >= 0.6 is 23.2 Å². The molecule has 1 aliphatic rings. The van der Waals surface area contributed by atoms with Crippen molar-refractivity contribution < 1.29 is 9.59 Å². The lowest BCUT2D eigenvalue weighted by Crippen LogP contribution is -2.24. The Labute approximate surface area is 98.9 Å². The molecule has 2 heterocycles. The van der Waals surface area contributed by atoms with Crippen molar-refractivity contribution in [2.24, 2.45) is 0 Å². The molecule has 0 atom stereocenters. The highest BCUT2D eigenvalue weighted by Gasteiger charge is 2.21. The first kappa shape index (κ1) is 10.8. The third-order valence-corrected chi connectivity index (χ3v) is 1.92. The van der Waals surface area contributed by atoms with Gasteiger partial charge in [-0.15, -0.1) is 0 Å². The normalized spacial score (nSPS) is 14.8. The summed E-state index contributed by atoms with van der Waals surface area (Å²) < 4.78 is 0. The van der Waals surface area contributed by atoms with E-state index in [1.165, 1.54) is 0 Å². The minimum atomic E-state index is -0.572. The van der Waals surface area contributed by atoms with Crippen LogP contribution in [0.25, 0.3) is 0 Å². The van der Waals surface area contributed by atoms with E-state index < -0.39 is 11.8 Å². The molecule has 0 spiro atoms. The van der Waals surface area contributed by atoms with E-state index in [9.17, 15) is 9.59 Å². The Morgan fingerprint density at radius 1 is 1.12 bits per heavy atom. The Morgan fingerprint density at radius 2 is 1.75 bits per heavy atom. The maximum absolute atomic E-state index is 11.2. The molecule has 0 saturated heterocycles. The summed E-state index contributed by atoms with van der Waals surface area (Å²) in [6.45, 7) is 0. The van der Waals surface area contributed by atoms with Gasteiger partial charge in [0.05, 0.1) is 0 Å². The topological polar surface area (TPSA) is 96.9 Å². The fourth-order valence-electron chi connectivity index (χ4n) is 1.01. The molecular formula is C7H3Cl2N5O2. The molecule has 1 aromatic rings. The smallest absolute Gasteiger partial charge is 0.274 e. The van der Waals surface area contributed by atoms with Crippen molar-refractivity contribution in [2.45, 2.75) is 0 Å². The van der Waals surface area contributed by atoms with E-state index in [1.54, 1.807) is 0 Å². The quantitative estimate of drug-likeness (QED) is 0.733. The van der Waals surface area contributed by atoms with Crippen LogP contribution in [0.5, 0.6) is 0 Å². The number of halogens is 2. The zero-order chi connectivity index (χ0) is 11.7. The molecule has 0 unspecified atom stereocenters. The first-order chi connectivity index (χ1) is 7.54. The van der Waals surface area contributed by atoms with Gasteiger partial charge in [0, 0.05) is 6.08 Å². The van der Waals surface area contributed by atoms with Crippen molar-refractivity contribution in [3.05, 3.63) is 22.3 Å². The van der Waals surface area contributed by atoms with E-state index in [4.69, 9.17) is 23.2 Å². The average Bonchev–Trinajstić information content (AvgIpc) is 2.43. The van der Waals surface area contributed by atoms with Gasteiger partial charge in [-0.25, -0.2) is 0 Å². The van der Waals surface area contributed by atoms with Gasteiger partial charge in [0.1, 0.15) is 5.70 Å². The van der Waals surface area contributed by atoms with Crippen molar-refractivity contribution in [1.29, 1.82) is 0 Å². The van der Waals surface area contributed by atoms with E-state index in [1.807, 2.05) is 5.32 Å². The molecule has 7 nitrogen and oxygen atoms in total. The van der Waals surface area contributed by atoms with Crippen LogP contribution in [0.2, 0.25) is 10.6 Å². The zero-order valence-electron chi connectivity index (χ0n) is 7.49. The Hall–Kier alpha value is -1.73. The highest BCUT2D eigenvalue weighted by atomic mass is 35.5. The van der Waals surface area contributed by atoms with Crippen molar-refractivity contribution in [2.75, 3.05) is 5.32 Å². The van der Waals surface area contributed by atoms with E-state index in [0.29, 0.717) is 0 Å². The molecule has 82 valence electrons. The fourth-order valence-corrected chi connectivity index (χ4v) is 1.37. The number of nitrogens with zero attached hydrogens (tertiary/aromatic N) is 3. The second-order valence-electron chi connectivity index (χ2n) is 2.70. The molecule has 0 bridgehead atoms. The van der Waals surface area contributed by atoms with E-state index >= 15 is 0 Å². The minimum Gasteiger partial charge on any atom is -0.319 e. The molecule has 2 amide bonds. The van der Waals surface area contributed by atoms with Crippen molar-refractivity contribution in [1.82, 2.24) is 20.3 Å². The zero-order valence-corrected chi connectivity index (χ0v) is 9.00. The molecule has 1 aromatic heterocycles. The summed E-state index contributed by atoms with van der Waals surface area (Å²) in [4.78, 5) is 32.9. The predicted octanol–water partition coefficient (Wildman–Crippen LogP) is 0.131. The van der Waals surface area contributed by atoms with Gasteiger partial charge in [-0.2, -0.15) is 15.0 Å². The summed E-state index contributed by atoms with van der Waals surface area (Å²) in [6.07, 6.45) is 1.08. The number of carbonyl (C=O) groups is 2. The summed E-state index contributed by atoms with van der Waals surface area (Å²) in [5, 5.41) is 4.31. The summed E-state index contributed by atoms with van der Waals surface area (Å²) in [6, 6.07) is 0. The van der Waals surface area contributed by atoms with E-state index in [2.05, 4.69) is 20.3 Å². The first-order valence-electron chi connectivity index (χ1n) is 3.96. The summed E-state index contributed by atoms with van der Waals surface area (Å²) >= 11 is 11.1. The molecule has 0 fully saturated rings. The van der Waals surface area contributed by atoms with Crippen LogP contribution in [0.4, 0.5) is 5.95 Å². The van der Waals surface area contributed by atoms with Gasteiger partial charge < -0.3 is 5.32 Å². The molecule has 2 rings (SSSR count). The lowest BCUT2D eigenvalue weighted by molar-refractivity contribution is -0.123. The standard InChI is InChI=1S/C7H3Cl2N5O2/c8-5-12-6(9)14-7(13-5)10-2-1-3(15)11-4(2)16/h1H,(H2,10,11,12,13,14,15,16). The average molecular weight is 260 g/mol. The van der Waals surface area contributed by atoms with Gasteiger partial charge in [0.25, 0.3) is 11.8 Å². The third kappa shape index (κ3) is 2.26. The van der Waals surface area contributed by atoms with Crippen molar-refractivity contribution in [3.63, 3.8) is 0 Å². The highest BCUT2D eigenvalue weighted by Crippen LogP contribution is 2.12. The van der Waals surface area contributed by atoms with E-state index in [-0.39, 0.29) is 22.2 Å². The summed E-state index contributed by atoms with van der Waals surface area (Å²) in [5.41, 5.74) is 0.0170.